The molecule has 0 atom stereocenters. The van der Waals surface area contributed by atoms with Gasteiger partial charge < -0.3 is 9.84 Å². The van der Waals surface area contributed by atoms with Gasteiger partial charge in [0.25, 0.3) is 0 Å². The van der Waals surface area contributed by atoms with Gasteiger partial charge in [-0.1, -0.05) is 19.1 Å². The molecule has 0 fully saturated rings. The average Bonchev–Trinajstić information content (AvgIpc) is 2.08. The van der Waals surface area contributed by atoms with Crippen molar-refractivity contribution in [3.63, 3.8) is 0 Å². The standard InChI is InChI=1S/C9H12O4/c1-2-7-13-9(12)6-4-3-5-8(10)11/h3-6H,2,7H2,1H3,(H,10,11)/b5-3+,6-4+. The molecule has 0 aliphatic heterocycles. The van der Waals surface area contributed by atoms with Crippen LogP contribution in [0.1, 0.15) is 13.3 Å². The van der Waals surface area contributed by atoms with Gasteiger partial charge in [-0.3, -0.25) is 0 Å². The summed E-state index contributed by atoms with van der Waals surface area (Å²) in [4.78, 5) is 20.7. The zero-order valence-electron chi connectivity index (χ0n) is 7.40. The lowest BCUT2D eigenvalue weighted by Crippen LogP contribution is -2.00. The molecule has 1 N–H and O–H groups in total. The number of carbonyl (C=O) groups is 2. The Morgan fingerprint density at radius 3 is 2.46 bits per heavy atom. The Bertz CT molecular complexity index is 228. The fraction of sp³-hybridized carbons (Fsp3) is 0.333. The van der Waals surface area contributed by atoms with E-state index in [0.717, 1.165) is 12.5 Å². The van der Waals surface area contributed by atoms with Gasteiger partial charge >= 0.3 is 11.9 Å². The predicted molar refractivity (Wildman–Crippen MR) is 47.2 cm³/mol. The number of carboxylic acid groups (broad SMARTS) is 1. The monoisotopic (exact) mass is 184 g/mol. The van der Waals surface area contributed by atoms with E-state index in [0.29, 0.717) is 6.61 Å². The smallest absolute Gasteiger partial charge is 0.330 e. The molecule has 0 aromatic rings. The number of rotatable bonds is 5. The number of esters is 1. The molecule has 4 heteroatoms. The SMILES string of the molecule is CCCOC(=O)/C=C/C=C/C(=O)O. The fourth-order valence-electron chi connectivity index (χ4n) is 0.523. The van der Waals surface area contributed by atoms with Crippen LogP contribution in [0, 0.1) is 0 Å². The largest absolute Gasteiger partial charge is 0.478 e. The molecule has 0 aliphatic rings. The van der Waals surface area contributed by atoms with E-state index in [1.54, 1.807) is 0 Å². The highest BCUT2D eigenvalue weighted by Crippen LogP contribution is 1.85. The van der Waals surface area contributed by atoms with Crippen molar-refractivity contribution in [1.29, 1.82) is 0 Å². The molecule has 0 spiro atoms. The van der Waals surface area contributed by atoms with Crippen LogP contribution in [0.3, 0.4) is 0 Å². The third-order valence-corrected chi connectivity index (χ3v) is 1.03. The van der Waals surface area contributed by atoms with Gasteiger partial charge in [-0.05, 0) is 6.42 Å². The minimum Gasteiger partial charge on any atom is -0.478 e. The first-order valence-corrected chi connectivity index (χ1v) is 3.91. The predicted octanol–water partition coefficient (Wildman–Crippen LogP) is 1.14. The molecule has 0 amide bonds. The van der Waals surface area contributed by atoms with E-state index in [1.165, 1.54) is 18.2 Å². The zero-order chi connectivity index (χ0) is 10.1. The molecule has 0 bridgehead atoms. The molecular formula is C9H12O4. The van der Waals surface area contributed by atoms with Gasteiger partial charge in [-0.25, -0.2) is 9.59 Å². The number of carbonyl (C=O) groups excluding carboxylic acids is 1. The lowest BCUT2D eigenvalue weighted by molar-refractivity contribution is -0.137. The van der Waals surface area contributed by atoms with Crippen molar-refractivity contribution in [1.82, 2.24) is 0 Å². The minimum atomic E-state index is -1.05. The number of hydrogen-bond acceptors (Lipinski definition) is 3. The van der Waals surface area contributed by atoms with Crippen molar-refractivity contribution in [3.05, 3.63) is 24.3 Å². The quantitative estimate of drug-likeness (QED) is 0.395. The van der Waals surface area contributed by atoms with E-state index >= 15 is 0 Å². The maximum atomic E-state index is 10.8. The van der Waals surface area contributed by atoms with Crippen molar-refractivity contribution in [3.8, 4) is 0 Å². The van der Waals surface area contributed by atoms with Gasteiger partial charge in [0.1, 0.15) is 0 Å². The van der Waals surface area contributed by atoms with Crippen LogP contribution >= 0.6 is 0 Å². The van der Waals surface area contributed by atoms with Crippen LogP contribution in [0.15, 0.2) is 24.3 Å². The first-order valence-electron chi connectivity index (χ1n) is 3.91. The summed E-state index contributed by atoms with van der Waals surface area (Å²) in [6.07, 6.45) is 5.46. The number of allylic oxidation sites excluding steroid dienone is 2. The maximum Gasteiger partial charge on any atom is 0.330 e. The average molecular weight is 184 g/mol. The fourth-order valence-corrected chi connectivity index (χ4v) is 0.523. The third-order valence-electron chi connectivity index (χ3n) is 1.03. The maximum absolute atomic E-state index is 10.8. The van der Waals surface area contributed by atoms with E-state index in [2.05, 4.69) is 0 Å². The van der Waals surface area contributed by atoms with Crippen LogP contribution in [0.25, 0.3) is 0 Å². The summed E-state index contributed by atoms with van der Waals surface area (Å²) in [6, 6.07) is 0. The minimum absolute atomic E-state index is 0.381. The van der Waals surface area contributed by atoms with Crippen LogP contribution in [-0.2, 0) is 14.3 Å². The first kappa shape index (κ1) is 11.4. The van der Waals surface area contributed by atoms with E-state index < -0.39 is 11.9 Å². The Labute approximate surface area is 76.5 Å². The van der Waals surface area contributed by atoms with Crippen molar-refractivity contribution in [2.24, 2.45) is 0 Å². The van der Waals surface area contributed by atoms with E-state index in [1.807, 2.05) is 6.92 Å². The van der Waals surface area contributed by atoms with Gasteiger partial charge in [0.05, 0.1) is 6.61 Å². The highest BCUT2D eigenvalue weighted by molar-refractivity contribution is 5.83. The van der Waals surface area contributed by atoms with E-state index in [-0.39, 0.29) is 0 Å². The molecule has 13 heavy (non-hydrogen) atoms. The highest BCUT2D eigenvalue weighted by Gasteiger charge is 1.92. The second kappa shape index (κ2) is 7.09. The number of aliphatic carboxylic acids is 1. The number of hydrogen-bond donors (Lipinski definition) is 1. The molecule has 0 radical (unpaired) electrons. The molecule has 0 saturated carbocycles. The zero-order valence-corrected chi connectivity index (χ0v) is 7.40. The van der Waals surface area contributed by atoms with Crippen molar-refractivity contribution >= 4 is 11.9 Å². The molecule has 0 saturated heterocycles. The van der Waals surface area contributed by atoms with Crippen LogP contribution in [-0.4, -0.2) is 23.7 Å². The van der Waals surface area contributed by atoms with Gasteiger partial charge in [0.2, 0.25) is 0 Å². The molecule has 0 heterocycles. The lowest BCUT2D eigenvalue weighted by atomic mass is 10.4. The van der Waals surface area contributed by atoms with Gasteiger partial charge in [-0.15, -0.1) is 0 Å². The molecule has 0 rings (SSSR count). The van der Waals surface area contributed by atoms with Crippen molar-refractivity contribution in [2.45, 2.75) is 13.3 Å². The third kappa shape index (κ3) is 8.33. The molecule has 4 nitrogen and oxygen atoms in total. The summed E-state index contributed by atoms with van der Waals surface area (Å²) in [5.41, 5.74) is 0. The van der Waals surface area contributed by atoms with Gasteiger partial charge in [0.15, 0.2) is 0 Å². The number of carboxylic acids is 1. The Hall–Kier alpha value is -1.58. The van der Waals surface area contributed by atoms with Gasteiger partial charge in [0, 0.05) is 12.2 Å². The second-order valence-corrected chi connectivity index (χ2v) is 2.22. The molecule has 0 aliphatic carbocycles. The Morgan fingerprint density at radius 2 is 1.92 bits per heavy atom. The number of ether oxygens (including phenoxy) is 1. The molecule has 0 aromatic carbocycles. The summed E-state index contributed by atoms with van der Waals surface area (Å²) in [7, 11) is 0. The molecular weight excluding hydrogens is 172 g/mol. The highest BCUT2D eigenvalue weighted by atomic mass is 16.5. The summed E-state index contributed by atoms with van der Waals surface area (Å²) in [5, 5.41) is 8.18. The van der Waals surface area contributed by atoms with Crippen molar-refractivity contribution < 1.29 is 19.4 Å². The van der Waals surface area contributed by atoms with Crippen LogP contribution in [0.5, 0.6) is 0 Å². The normalized spacial score (nSPS) is 10.8. The van der Waals surface area contributed by atoms with Crippen LogP contribution in [0.4, 0.5) is 0 Å². The topological polar surface area (TPSA) is 63.6 Å². The molecule has 72 valence electrons. The van der Waals surface area contributed by atoms with Crippen LogP contribution < -0.4 is 0 Å². The second-order valence-electron chi connectivity index (χ2n) is 2.22. The summed E-state index contributed by atoms with van der Waals surface area (Å²) in [5.74, 6) is -1.51. The first-order chi connectivity index (χ1) is 6.16. The Balaban J connectivity index is 3.71. The van der Waals surface area contributed by atoms with Crippen LogP contribution in [0.2, 0.25) is 0 Å². The summed E-state index contributed by atoms with van der Waals surface area (Å²) < 4.78 is 4.69. The molecule has 0 aromatic heterocycles. The van der Waals surface area contributed by atoms with Gasteiger partial charge in [-0.2, -0.15) is 0 Å². The molecule has 0 unspecified atom stereocenters. The van der Waals surface area contributed by atoms with Crippen molar-refractivity contribution in [2.75, 3.05) is 6.61 Å². The summed E-state index contributed by atoms with van der Waals surface area (Å²) >= 11 is 0. The Morgan fingerprint density at radius 1 is 1.31 bits per heavy atom. The summed E-state index contributed by atoms with van der Waals surface area (Å²) in [6.45, 7) is 2.27. The van der Waals surface area contributed by atoms with E-state index in [4.69, 9.17) is 9.84 Å². The lowest BCUT2D eigenvalue weighted by Gasteiger charge is -1.95. The Kier molecular flexibility index (Phi) is 6.23. The van der Waals surface area contributed by atoms with E-state index in [9.17, 15) is 9.59 Å².